The number of rotatable bonds is 7. The van der Waals surface area contributed by atoms with Crippen LogP contribution in [-0.2, 0) is 4.79 Å². The zero-order valence-corrected chi connectivity index (χ0v) is 9.10. The zero-order valence-electron chi connectivity index (χ0n) is 9.10. The van der Waals surface area contributed by atoms with Crippen LogP contribution in [0, 0.1) is 0 Å². The van der Waals surface area contributed by atoms with E-state index in [4.69, 9.17) is 10.2 Å². The van der Waals surface area contributed by atoms with Crippen molar-refractivity contribution < 1.29 is 15.0 Å². The summed E-state index contributed by atoms with van der Waals surface area (Å²) in [7, 11) is 3.67. The van der Waals surface area contributed by atoms with Crippen molar-refractivity contribution in [2.75, 3.05) is 40.3 Å². The third-order valence-corrected chi connectivity index (χ3v) is 1.84. The molecule has 0 amide bonds. The number of carbonyl (C=O) groups is 1. The molecule has 0 radical (unpaired) electrons. The molecule has 0 aliphatic carbocycles. The molecule has 84 valence electrons. The van der Waals surface area contributed by atoms with Crippen LogP contribution in [0.15, 0.2) is 0 Å². The second-order valence-electron chi connectivity index (χ2n) is 3.74. The van der Waals surface area contributed by atoms with Gasteiger partial charge in [0.1, 0.15) is 0 Å². The number of carboxylic acid groups (broad SMARTS) is 1. The Balaban J connectivity index is 3.55. The van der Waals surface area contributed by atoms with Crippen molar-refractivity contribution in [1.82, 2.24) is 9.80 Å². The lowest BCUT2D eigenvalue weighted by Crippen LogP contribution is -2.36. The van der Waals surface area contributed by atoms with Crippen molar-refractivity contribution in [3.63, 3.8) is 0 Å². The molecule has 0 aromatic carbocycles. The lowest BCUT2D eigenvalue weighted by molar-refractivity contribution is -0.138. The Morgan fingerprint density at radius 3 is 2.21 bits per heavy atom. The van der Waals surface area contributed by atoms with Crippen molar-refractivity contribution in [3.05, 3.63) is 0 Å². The Morgan fingerprint density at radius 2 is 1.79 bits per heavy atom. The van der Waals surface area contributed by atoms with E-state index in [0.29, 0.717) is 13.1 Å². The highest BCUT2D eigenvalue weighted by Gasteiger charge is 2.06. The Kier molecular flexibility index (Phi) is 6.44. The lowest BCUT2D eigenvalue weighted by atomic mass is 10.3. The second-order valence-corrected chi connectivity index (χ2v) is 3.74. The number of aliphatic hydroxyl groups excluding tert-OH is 1. The molecule has 0 heterocycles. The highest BCUT2D eigenvalue weighted by atomic mass is 16.4. The number of nitrogens with zero attached hydrogens (tertiary/aromatic N) is 2. The third kappa shape index (κ3) is 7.97. The van der Waals surface area contributed by atoms with E-state index in [1.54, 1.807) is 18.9 Å². The Hall–Kier alpha value is -0.650. The van der Waals surface area contributed by atoms with E-state index >= 15 is 0 Å². The minimum atomic E-state index is -0.814. The molecule has 5 nitrogen and oxygen atoms in total. The number of aliphatic carboxylic acids is 1. The maximum Gasteiger partial charge on any atom is 0.317 e. The molecule has 0 spiro atoms. The summed E-state index contributed by atoms with van der Waals surface area (Å²) in [5.41, 5.74) is 0. The van der Waals surface area contributed by atoms with E-state index in [1.165, 1.54) is 0 Å². The standard InChI is InChI=1S/C9H20N2O3/c1-8(12)6-10(2)4-5-11(3)7-9(13)14/h8,12H,4-7H2,1-3H3,(H,13,14). The predicted molar refractivity (Wildman–Crippen MR) is 54.3 cm³/mol. The first-order valence-corrected chi connectivity index (χ1v) is 4.68. The molecule has 0 aromatic rings. The minimum Gasteiger partial charge on any atom is -0.480 e. The normalized spacial score (nSPS) is 13.6. The predicted octanol–water partition coefficient (Wildman–Crippen LogP) is -0.685. The van der Waals surface area contributed by atoms with Gasteiger partial charge < -0.3 is 15.1 Å². The van der Waals surface area contributed by atoms with E-state index in [1.807, 2.05) is 11.9 Å². The fraction of sp³-hybridized carbons (Fsp3) is 0.889. The van der Waals surface area contributed by atoms with Gasteiger partial charge >= 0.3 is 5.97 Å². The Labute approximate surface area is 84.9 Å². The van der Waals surface area contributed by atoms with Crippen LogP contribution < -0.4 is 0 Å². The lowest BCUT2D eigenvalue weighted by Gasteiger charge is -2.21. The zero-order chi connectivity index (χ0) is 11.1. The van der Waals surface area contributed by atoms with Crippen LogP contribution in [0.5, 0.6) is 0 Å². The van der Waals surface area contributed by atoms with Gasteiger partial charge in [0.25, 0.3) is 0 Å². The Bertz CT molecular complexity index is 173. The van der Waals surface area contributed by atoms with E-state index in [2.05, 4.69) is 0 Å². The van der Waals surface area contributed by atoms with Gasteiger partial charge in [-0.15, -0.1) is 0 Å². The van der Waals surface area contributed by atoms with Crippen molar-refractivity contribution >= 4 is 5.97 Å². The largest absolute Gasteiger partial charge is 0.480 e. The first-order chi connectivity index (χ1) is 6.41. The van der Waals surface area contributed by atoms with E-state index < -0.39 is 5.97 Å². The molecular weight excluding hydrogens is 184 g/mol. The van der Waals surface area contributed by atoms with Gasteiger partial charge in [0, 0.05) is 19.6 Å². The monoisotopic (exact) mass is 204 g/mol. The van der Waals surface area contributed by atoms with Gasteiger partial charge in [0.2, 0.25) is 0 Å². The summed E-state index contributed by atoms with van der Waals surface area (Å²) in [4.78, 5) is 14.0. The first kappa shape index (κ1) is 13.4. The molecule has 0 aliphatic rings. The molecule has 0 aliphatic heterocycles. The highest BCUT2D eigenvalue weighted by molar-refractivity contribution is 5.68. The maximum atomic E-state index is 10.3. The van der Waals surface area contributed by atoms with Crippen LogP contribution in [-0.4, -0.2) is 72.4 Å². The number of hydrogen-bond donors (Lipinski definition) is 2. The van der Waals surface area contributed by atoms with Gasteiger partial charge in [-0.05, 0) is 21.0 Å². The molecule has 0 saturated heterocycles. The quantitative estimate of drug-likeness (QED) is 0.575. The first-order valence-electron chi connectivity index (χ1n) is 4.68. The van der Waals surface area contributed by atoms with E-state index in [0.717, 1.165) is 6.54 Å². The number of hydrogen-bond acceptors (Lipinski definition) is 4. The molecule has 1 atom stereocenters. The summed E-state index contributed by atoms with van der Waals surface area (Å²) >= 11 is 0. The molecule has 2 N–H and O–H groups in total. The average Bonchev–Trinajstić information content (AvgIpc) is 1.98. The number of carboxylic acids is 1. The van der Waals surface area contributed by atoms with E-state index in [-0.39, 0.29) is 12.6 Å². The molecule has 0 aromatic heterocycles. The highest BCUT2D eigenvalue weighted by Crippen LogP contribution is 1.89. The summed E-state index contributed by atoms with van der Waals surface area (Å²) in [5, 5.41) is 17.6. The summed E-state index contributed by atoms with van der Waals surface area (Å²) in [6.45, 7) is 3.85. The molecule has 0 rings (SSSR count). The van der Waals surface area contributed by atoms with Crippen LogP contribution >= 0.6 is 0 Å². The van der Waals surface area contributed by atoms with Gasteiger partial charge in [0.05, 0.1) is 12.6 Å². The van der Waals surface area contributed by atoms with Crippen molar-refractivity contribution in [1.29, 1.82) is 0 Å². The average molecular weight is 204 g/mol. The SMILES string of the molecule is CC(O)CN(C)CCN(C)CC(=O)O. The van der Waals surface area contributed by atoms with Crippen molar-refractivity contribution in [2.24, 2.45) is 0 Å². The minimum absolute atomic E-state index is 0.0581. The van der Waals surface area contributed by atoms with Crippen LogP contribution in [0.3, 0.4) is 0 Å². The summed E-state index contributed by atoms with van der Waals surface area (Å²) < 4.78 is 0. The summed E-state index contributed by atoms with van der Waals surface area (Å²) in [6.07, 6.45) is -0.343. The fourth-order valence-corrected chi connectivity index (χ4v) is 1.19. The maximum absolute atomic E-state index is 10.3. The molecule has 0 saturated carbocycles. The smallest absolute Gasteiger partial charge is 0.317 e. The Morgan fingerprint density at radius 1 is 1.29 bits per heavy atom. The van der Waals surface area contributed by atoms with Crippen molar-refractivity contribution in [3.8, 4) is 0 Å². The third-order valence-electron chi connectivity index (χ3n) is 1.84. The molecule has 14 heavy (non-hydrogen) atoms. The van der Waals surface area contributed by atoms with Crippen LogP contribution in [0.25, 0.3) is 0 Å². The van der Waals surface area contributed by atoms with Gasteiger partial charge in [-0.3, -0.25) is 9.69 Å². The molecule has 1 unspecified atom stereocenters. The van der Waals surface area contributed by atoms with Crippen LogP contribution in [0.2, 0.25) is 0 Å². The summed E-state index contributed by atoms with van der Waals surface area (Å²) in [6, 6.07) is 0. The topological polar surface area (TPSA) is 64.0 Å². The van der Waals surface area contributed by atoms with Gasteiger partial charge in [-0.2, -0.15) is 0 Å². The second kappa shape index (κ2) is 6.75. The molecule has 0 fully saturated rings. The summed E-state index contributed by atoms with van der Waals surface area (Å²) in [5.74, 6) is -0.814. The van der Waals surface area contributed by atoms with Gasteiger partial charge in [-0.1, -0.05) is 0 Å². The molecule has 5 heteroatoms. The van der Waals surface area contributed by atoms with Crippen molar-refractivity contribution in [2.45, 2.75) is 13.0 Å². The molecular formula is C9H20N2O3. The van der Waals surface area contributed by atoms with Crippen LogP contribution in [0.4, 0.5) is 0 Å². The molecule has 0 bridgehead atoms. The number of aliphatic hydroxyl groups is 1. The number of likely N-dealkylation sites (N-methyl/N-ethyl adjacent to an activating group) is 2. The van der Waals surface area contributed by atoms with Crippen LogP contribution in [0.1, 0.15) is 6.92 Å². The van der Waals surface area contributed by atoms with Gasteiger partial charge in [-0.25, -0.2) is 0 Å². The fourth-order valence-electron chi connectivity index (χ4n) is 1.19. The van der Waals surface area contributed by atoms with E-state index in [9.17, 15) is 4.79 Å². The van der Waals surface area contributed by atoms with Gasteiger partial charge in [0.15, 0.2) is 0 Å².